The van der Waals surface area contributed by atoms with Gasteiger partial charge in [0.25, 0.3) is 5.91 Å². The number of aromatic nitrogens is 1. The van der Waals surface area contributed by atoms with Crippen LogP contribution in [0.1, 0.15) is 21.5 Å². The van der Waals surface area contributed by atoms with E-state index in [2.05, 4.69) is 21.3 Å². The minimum Gasteiger partial charge on any atom is -0.379 e. The molecule has 1 aliphatic rings. The summed E-state index contributed by atoms with van der Waals surface area (Å²) in [6, 6.07) is 11.6. The Labute approximate surface area is 136 Å². The molecule has 0 saturated carbocycles. The van der Waals surface area contributed by atoms with E-state index < -0.39 is 0 Å². The quantitative estimate of drug-likeness (QED) is 0.915. The first-order valence-corrected chi connectivity index (χ1v) is 7.87. The number of hydrogen-bond acceptors (Lipinski definition) is 4. The summed E-state index contributed by atoms with van der Waals surface area (Å²) < 4.78 is 5.36. The van der Waals surface area contributed by atoms with Crippen LogP contribution in [0.15, 0.2) is 48.8 Å². The number of carbonyl (C=O) groups is 1. The summed E-state index contributed by atoms with van der Waals surface area (Å²) >= 11 is 0. The normalized spacial score (nSPS) is 15.3. The monoisotopic (exact) mass is 311 g/mol. The lowest BCUT2D eigenvalue weighted by molar-refractivity contribution is 0.0342. The van der Waals surface area contributed by atoms with E-state index in [-0.39, 0.29) is 5.91 Å². The smallest absolute Gasteiger partial charge is 0.251 e. The van der Waals surface area contributed by atoms with Crippen LogP contribution in [0.25, 0.3) is 0 Å². The second kappa shape index (κ2) is 7.85. The molecule has 0 spiro atoms. The van der Waals surface area contributed by atoms with Gasteiger partial charge in [-0.1, -0.05) is 12.1 Å². The molecule has 3 rings (SSSR count). The zero-order chi connectivity index (χ0) is 15.9. The summed E-state index contributed by atoms with van der Waals surface area (Å²) in [5.41, 5.74) is 2.89. The summed E-state index contributed by atoms with van der Waals surface area (Å²) in [6.45, 7) is 4.82. The lowest BCUT2D eigenvalue weighted by Crippen LogP contribution is -2.35. The van der Waals surface area contributed by atoms with Crippen molar-refractivity contribution in [2.24, 2.45) is 0 Å². The number of ether oxygens (including phenoxy) is 1. The Morgan fingerprint density at radius 1 is 1.13 bits per heavy atom. The number of morpholine rings is 1. The Bertz CT molecular complexity index is 640. The number of nitrogens with one attached hydrogen (secondary N) is 1. The summed E-state index contributed by atoms with van der Waals surface area (Å²) in [5.74, 6) is -0.0503. The van der Waals surface area contributed by atoms with Gasteiger partial charge in [-0.15, -0.1) is 0 Å². The van der Waals surface area contributed by atoms with Gasteiger partial charge in [-0.3, -0.25) is 14.7 Å². The molecule has 1 aliphatic heterocycles. The van der Waals surface area contributed by atoms with E-state index in [4.69, 9.17) is 4.74 Å². The molecule has 2 aromatic rings. The predicted octanol–water partition coefficient (Wildman–Crippen LogP) is 1.84. The number of hydrogen-bond donors (Lipinski definition) is 1. The van der Waals surface area contributed by atoms with Gasteiger partial charge in [0, 0.05) is 44.1 Å². The molecule has 1 saturated heterocycles. The molecule has 1 amide bonds. The van der Waals surface area contributed by atoms with Crippen molar-refractivity contribution in [3.8, 4) is 0 Å². The molecule has 1 aromatic heterocycles. The summed E-state index contributed by atoms with van der Waals surface area (Å²) in [6.07, 6.45) is 3.45. The molecule has 0 bridgehead atoms. The van der Waals surface area contributed by atoms with Crippen molar-refractivity contribution >= 4 is 5.91 Å². The lowest BCUT2D eigenvalue weighted by Gasteiger charge is -2.26. The Morgan fingerprint density at radius 3 is 2.70 bits per heavy atom. The van der Waals surface area contributed by atoms with Crippen molar-refractivity contribution in [3.05, 3.63) is 65.5 Å². The number of benzene rings is 1. The minimum atomic E-state index is -0.0503. The standard InChI is InChI=1S/C18H21N3O2/c22-18(20-13-15-4-6-19-7-5-15)17-3-1-2-16(12-17)14-21-8-10-23-11-9-21/h1-7,12H,8-11,13-14H2,(H,20,22). The van der Waals surface area contributed by atoms with Crippen molar-refractivity contribution in [1.29, 1.82) is 0 Å². The molecule has 1 aromatic carbocycles. The van der Waals surface area contributed by atoms with Gasteiger partial charge in [0.2, 0.25) is 0 Å². The van der Waals surface area contributed by atoms with Crippen LogP contribution >= 0.6 is 0 Å². The van der Waals surface area contributed by atoms with Crippen LogP contribution in [0.3, 0.4) is 0 Å². The Morgan fingerprint density at radius 2 is 1.91 bits per heavy atom. The SMILES string of the molecule is O=C(NCc1ccncc1)c1cccc(CN2CCOCC2)c1. The van der Waals surface area contributed by atoms with E-state index in [9.17, 15) is 4.79 Å². The van der Waals surface area contributed by atoms with Crippen LogP contribution in [0.5, 0.6) is 0 Å². The van der Waals surface area contributed by atoms with E-state index in [0.29, 0.717) is 12.1 Å². The molecule has 2 heterocycles. The zero-order valence-corrected chi connectivity index (χ0v) is 13.1. The summed E-state index contributed by atoms with van der Waals surface area (Å²) in [7, 11) is 0. The van der Waals surface area contributed by atoms with Gasteiger partial charge in [-0.25, -0.2) is 0 Å². The van der Waals surface area contributed by atoms with Gasteiger partial charge in [0.1, 0.15) is 0 Å². The highest BCUT2D eigenvalue weighted by Gasteiger charge is 2.12. The molecule has 0 unspecified atom stereocenters. The maximum Gasteiger partial charge on any atom is 0.251 e. The molecular formula is C18H21N3O2. The minimum absolute atomic E-state index is 0.0503. The molecule has 1 fully saturated rings. The van der Waals surface area contributed by atoms with Crippen molar-refractivity contribution in [3.63, 3.8) is 0 Å². The number of nitrogens with zero attached hydrogens (tertiary/aromatic N) is 2. The van der Waals surface area contributed by atoms with Crippen molar-refractivity contribution < 1.29 is 9.53 Å². The first kappa shape index (κ1) is 15.6. The third-order valence-corrected chi connectivity index (χ3v) is 3.90. The van der Waals surface area contributed by atoms with E-state index in [1.807, 2.05) is 30.3 Å². The maximum absolute atomic E-state index is 12.3. The highest BCUT2D eigenvalue weighted by Crippen LogP contribution is 2.10. The van der Waals surface area contributed by atoms with Gasteiger partial charge in [0.05, 0.1) is 13.2 Å². The number of rotatable bonds is 5. The summed E-state index contributed by atoms with van der Waals surface area (Å²) in [5, 5.41) is 2.95. The number of amides is 1. The average molecular weight is 311 g/mol. The second-order valence-electron chi connectivity index (χ2n) is 5.63. The Hall–Kier alpha value is -2.24. The molecule has 0 atom stereocenters. The maximum atomic E-state index is 12.3. The lowest BCUT2D eigenvalue weighted by atomic mass is 10.1. The average Bonchev–Trinajstić information content (AvgIpc) is 2.62. The van der Waals surface area contributed by atoms with E-state index in [1.165, 1.54) is 0 Å². The Balaban J connectivity index is 1.58. The highest BCUT2D eigenvalue weighted by molar-refractivity contribution is 5.94. The topological polar surface area (TPSA) is 54.5 Å². The predicted molar refractivity (Wildman–Crippen MR) is 87.9 cm³/mol. The Kier molecular flexibility index (Phi) is 5.34. The number of pyridine rings is 1. The fraction of sp³-hybridized carbons (Fsp3) is 0.333. The molecule has 0 aliphatic carbocycles. The molecule has 23 heavy (non-hydrogen) atoms. The van der Waals surface area contributed by atoms with Crippen molar-refractivity contribution in [2.75, 3.05) is 26.3 Å². The van der Waals surface area contributed by atoms with Crippen LogP contribution in [0.2, 0.25) is 0 Å². The van der Waals surface area contributed by atoms with Crippen LogP contribution in [0, 0.1) is 0 Å². The largest absolute Gasteiger partial charge is 0.379 e. The molecule has 0 radical (unpaired) electrons. The molecular weight excluding hydrogens is 290 g/mol. The van der Waals surface area contributed by atoms with Crippen LogP contribution in [-0.2, 0) is 17.8 Å². The van der Waals surface area contributed by atoms with Gasteiger partial charge < -0.3 is 10.1 Å². The van der Waals surface area contributed by atoms with E-state index >= 15 is 0 Å². The first-order chi connectivity index (χ1) is 11.3. The highest BCUT2D eigenvalue weighted by atomic mass is 16.5. The zero-order valence-electron chi connectivity index (χ0n) is 13.1. The third kappa shape index (κ3) is 4.61. The molecule has 5 nitrogen and oxygen atoms in total. The van der Waals surface area contributed by atoms with E-state index in [1.54, 1.807) is 12.4 Å². The van der Waals surface area contributed by atoms with Gasteiger partial charge >= 0.3 is 0 Å². The summed E-state index contributed by atoms with van der Waals surface area (Å²) in [4.78, 5) is 18.6. The van der Waals surface area contributed by atoms with Gasteiger partial charge in [0.15, 0.2) is 0 Å². The van der Waals surface area contributed by atoms with Gasteiger partial charge in [-0.05, 0) is 35.4 Å². The first-order valence-electron chi connectivity index (χ1n) is 7.87. The second-order valence-corrected chi connectivity index (χ2v) is 5.63. The number of carbonyl (C=O) groups excluding carboxylic acids is 1. The van der Waals surface area contributed by atoms with Crippen molar-refractivity contribution in [2.45, 2.75) is 13.1 Å². The van der Waals surface area contributed by atoms with Crippen LogP contribution in [0.4, 0.5) is 0 Å². The van der Waals surface area contributed by atoms with Gasteiger partial charge in [-0.2, -0.15) is 0 Å². The molecule has 1 N–H and O–H groups in total. The fourth-order valence-corrected chi connectivity index (χ4v) is 2.61. The fourth-order valence-electron chi connectivity index (χ4n) is 2.61. The van der Waals surface area contributed by atoms with Crippen LogP contribution in [-0.4, -0.2) is 42.1 Å². The third-order valence-electron chi connectivity index (χ3n) is 3.90. The molecule has 5 heteroatoms. The van der Waals surface area contributed by atoms with Crippen LogP contribution < -0.4 is 5.32 Å². The van der Waals surface area contributed by atoms with Crippen molar-refractivity contribution in [1.82, 2.24) is 15.2 Å². The molecule has 120 valence electrons. The van der Waals surface area contributed by atoms with E-state index in [0.717, 1.165) is 44.0 Å².